The van der Waals surface area contributed by atoms with Gasteiger partial charge in [-0.3, -0.25) is 4.79 Å². The largest absolute Gasteiger partial charge is 0.310 e. The summed E-state index contributed by atoms with van der Waals surface area (Å²) in [5.74, 6) is -0.102. The summed E-state index contributed by atoms with van der Waals surface area (Å²) < 4.78 is 24.2. The van der Waals surface area contributed by atoms with Crippen LogP contribution in [0.15, 0.2) is 53.4 Å². The highest BCUT2D eigenvalue weighted by Crippen LogP contribution is 2.30. The van der Waals surface area contributed by atoms with E-state index in [9.17, 15) is 13.2 Å². The van der Waals surface area contributed by atoms with E-state index in [1.54, 1.807) is 29.2 Å². The molecule has 0 N–H and O–H groups in total. The van der Waals surface area contributed by atoms with Crippen LogP contribution in [0.3, 0.4) is 0 Å². The second kappa shape index (κ2) is 5.57. The molecule has 3 rings (SSSR count). The number of nitrogens with zero attached hydrogens (tertiary/aromatic N) is 1. The summed E-state index contributed by atoms with van der Waals surface area (Å²) in [5, 5.41) is 0. The van der Waals surface area contributed by atoms with E-state index < -0.39 is 9.84 Å². The molecule has 5 heteroatoms. The van der Waals surface area contributed by atoms with Crippen molar-refractivity contribution < 1.29 is 13.2 Å². The Balaban J connectivity index is 1.89. The zero-order chi connectivity index (χ0) is 15.7. The van der Waals surface area contributed by atoms with Gasteiger partial charge in [-0.05, 0) is 24.6 Å². The molecule has 1 aliphatic rings. The predicted octanol–water partition coefficient (Wildman–Crippen LogP) is 2.36. The summed E-state index contributed by atoms with van der Waals surface area (Å²) in [4.78, 5) is 14.4. The number of hydrogen-bond acceptors (Lipinski definition) is 3. The molecule has 0 spiro atoms. The summed E-state index contributed by atoms with van der Waals surface area (Å²) in [7, 11) is -3.28. The Morgan fingerprint density at radius 1 is 1.09 bits per heavy atom. The molecule has 0 aliphatic carbocycles. The molecule has 2 aromatic carbocycles. The number of carbonyl (C=O) groups excluding carboxylic acids is 1. The van der Waals surface area contributed by atoms with Crippen LogP contribution in [0.25, 0.3) is 0 Å². The third-order valence-corrected chi connectivity index (χ3v) is 5.59. The first-order valence-corrected chi connectivity index (χ1v) is 8.80. The van der Waals surface area contributed by atoms with Crippen molar-refractivity contribution >= 4 is 21.4 Å². The van der Waals surface area contributed by atoms with Crippen LogP contribution >= 0.6 is 0 Å². The van der Waals surface area contributed by atoms with Crippen LogP contribution in [0.5, 0.6) is 0 Å². The summed E-state index contributed by atoms with van der Waals surface area (Å²) in [6.07, 6.45) is 0.272. The van der Waals surface area contributed by atoms with E-state index in [0.29, 0.717) is 5.69 Å². The van der Waals surface area contributed by atoms with Crippen molar-refractivity contribution in [3.8, 4) is 0 Å². The van der Waals surface area contributed by atoms with Gasteiger partial charge in [-0.1, -0.05) is 42.0 Å². The number of para-hydroxylation sites is 1. The second-order valence-electron chi connectivity index (χ2n) is 5.49. The van der Waals surface area contributed by atoms with Gasteiger partial charge in [-0.2, -0.15) is 0 Å². The van der Waals surface area contributed by atoms with Crippen LogP contribution in [0.4, 0.5) is 5.69 Å². The lowest BCUT2D eigenvalue weighted by atomic mass is 10.1. The van der Waals surface area contributed by atoms with Gasteiger partial charge in [0.1, 0.15) is 0 Å². The van der Waals surface area contributed by atoms with E-state index in [1.165, 1.54) is 0 Å². The van der Waals surface area contributed by atoms with Crippen LogP contribution in [-0.2, 0) is 21.1 Å². The normalized spacial score (nSPS) is 16.1. The molecule has 0 atom stereocenters. The van der Waals surface area contributed by atoms with Crippen molar-refractivity contribution in [2.45, 2.75) is 18.2 Å². The van der Waals surface area contributed by atoms with Crippen molar-refractivity contribution in [1.29, 1.82) is 0 Å². The van der Waals surface area contributed by atoms with Crippen molar-refractivity contribution in [3.63, 3.8) is 0 Å². The van der Waals surface area contributed by atoms with Crippen LogP contribution in [0.1, 0.15) is 11.1 Å². The Morgan fingerprint density at radius 3 is 2.50 bits per heavy atom. The first-order chi connectivity index (χ1) is 10.5. The van der Waals surface area contributed by atoms with Crippen molar-refractivity contribution in [1.82, 2.24) is 0 Å². The van der Waals surface area contributed by atoms with Gasteiger partial charge in [0.2, 0.25) is 5.91 Å². The molecule has 2 aromatic rings. The maximum Gasteiger partial charge on any atom is 0.231 e. The highest BCUT2D eigenvalue weighted by Gasteiger charge is 2.30. The summed E-state index contributed by atoms with van der Waals surface area (Å²) >= 11 is 0. The number of aryl methyl sites for hydroxylation is 1. The first kappa shape index (κ1) is 14.8. The van der Waals surface area contributed by atoms with Gasteiger partial charge in [0.25, 0.3) is 0 Å². The van der Waals surface area contributed by atoms with Crippen LogP contribution < -0.4 is 4.90 Å². The fourth-order valence-electron chi connectivity index (χ4n) is 2.62. The fraction of sp³-hybridized carbons (Fsp3) is 0.235. The maximum absolute atomic E-state index is 12.6. The van der Waals surface area contributed by atoms with Gasteiger partial charge in [-0.15, -0.1) is 0 Å². The number of rotatable bonds is 2. The summed E-state index contributed by atoms with van der Waals surface area (Å²) in [5.41, 5.74) is 2.57. The molecule has 114 valence electrons. The van der Waals surface area contributed by atoms with Gasteiger partial charge < -0.3 is 4.90 Å². The highest BCUT2D eigenvalue weighted by atomic mass is 32.2. The maximum atomic E-state index is 12.6. The Labute approximate surface area is 130 Å². The molecule has 0 unspecified atom stereocenters. The molecule has 0 bridgehead atoms. The zero-order valence-corrected chi connectivity index (χ0v) is 13.1. The van der Waals surface area contributed by atoms with E-state index in [-0.39, 0.29) is 29.5 Å². The van der Waals surface area contributed by atoms with Gasteiger partial charge in [0.15, 0.2) is 9.84 Å². The molecule has 1 amide bonds. The molecular weight excluding hydrogens is 298 g/mol. The van der Waals surface area contributed by atoms with Crippen molar-refractivity contribution in [2.75, 3.05) is 17.2 Å². The first-order valence-electron chi connectivity index (χ1n) is 7.15. The molecular formula is C17H17NO3S. The number of fused-ring (bicyclic) bond motifs is 1. The summed E-state index contributed by atoms with van der Waals surface area (Å²) in [6, 6.07) is 14.5. The zero-order valence-electron chi connectivity index (χ0n) is 12.3. The lowest BCUT2D eigenvalue weighted by Crippen LogP contribution is -2.40. The quantitative estimate of drug-likeness (QED) is 0.855. The minimum atomic E-state index is -3.28. The third-order valence-electron chi connectivity index (χ3n) is 3.85. The molecule has 4 nitrogen and oxygen atoms in total. The number of hydrogen-bond donors (Lipinski definition) is 0. The molecule has 0 radical (unpaired) electrons. The van der Waals surface area contributed by atoms with E-state index in [0.717, 1.165) is 11.1 Å². The lowest BCUT2D eigenvalue weighted by Gasteiger charge is -2.29. The molecule has 0 fully saturated rings. The molecule has 1 aliphatic heterocycles. The monoisotopic (exact) mass is 315 g/mol. The van der Waals surface area contributed by atoms with Gasteiger partial charge in [0.05, 0.1) is 22.8 Å². The molecule has 0 saturated heterocycles. The third kappa shape index (κ3) is 2.76. The Kier molecular flexibility index (Phi) is 3.74. The molecule has 1 heterocycles. The van der Waals surface area contributed by atoms with E-state index >= 15 is 0 Å². The average Bonchev–Trinajstić information content (AvgIpc) is 2.50. The number of sulfone groups is 1. The van der Waals surface area contributed by atoms with E-state index in [1.807, 2.05) is 31.2 Å². The SMILES string of the molecule is Cc1ccc(CC(=O)N2CCS(=O)(=O)c3ccccc32)cc1. The average molecular weight is 315 g/mol. The highest BCUT2D eigenvalue weighted by molar-refractivity contribution is 7.91. The van der Waals surface area contributed by atoms with Gasteiger partial charge in [-0.25, -0.2) is 8.42 Å². The van der Waals surface area contributed by atoms with Crippen LogP contribution in [-0.4, -0.2) is 26.6 Å². The van der Waals surface area contributed by atoms with Crippen molar-refractivity contribution in [2.24, 2.45) is 0 Å². The minimum Gasteiger partial charge on any atom is -0.310 e. The Morgan fingerprint density at radius 2 is 1.77 bits per heavy atom. The predicted molar refractivity (Wildman–Crippen MR) is 85.7 cm³/mol. The van der Waals surface area contributed by atoms with Crippen LogP contribution in [0.2, 0.25) is 0 Å². The topological polar surface area (TPSA) is 54.5 Å². The van der Waals surface area contributed by atoms with Gasteiger partial charge >= 0.3 is 0 Å². The van der Waals surface area contributed by atoms with E-state index in [2.05, 4.69) is 0 Å². The Bertz CT molecular complexity index is 810. The number of amides is 1. The standard InChI is InChI=1S/C17H17NO3S/c1-13-6-8-14(9-7-13)12-17(19)18-10-11-22(20,21)16-5-3-2-4-15(16)18/h2-9H,10-12H2,1H3. The smallest absolute Gasteiger partial charge is 0.231 e. The van der Waals surface area contributed by atoms with Gasteiger partial charge in [0, 0.05) is 6.54 Å². The minimum absolute atomic E-state index is 0.0242. The summed E-state index contributed by atoms with van der Waals surface area (Å²) in [6.45, 7) is 2.21. The number of carbonyl (C=O) groups is 1. The number of anilines is 1. The Hall–Kier alpha value is -2.14. The van der Waals surface area contributed by atoms with Crippen molar-refractivity contribution in [3.05, 3.63) is 59.7 Å². The molecule has 0 saturated carbocycles. The second-order valence-corrected chi connectivity index (χ2v) is 7.57. The molecule has 0 aromatic heterocycles. The van der Waals surface area contributed by atoms with E-state index in [4.69, 9.17) is 0 Å². The lowest BCUT2D eigenvalue weighted by molar-refractivity contribution is -0.118. The molecule has 22 heavy (non-hydrogen) atoms. The fourth-order valence-corrected chi connectivity index (χ4v) is 4.05. The number of benzene rings is 2. The van der Waals surface area contributed by atoms with Crippen LogP contribution in [0, 0.1) is 6.92 Å².